The van der Waals surface area contributed by atoms with Crippen molar-refractivity contribution in [1.29, 1.82) is 0 Å². The van der Waals surface area contributed by atoms with Gasteiger partial charge in [-0.3, -0.25) is 9.59 Å². The molecule has 5 nitrogen and oxygen atoms in total. The first-order chi connectivity index (χ1) is 6.06. The standard InChI is InChI=1S/C7H10BrNO4/c1-13-9-6(8)3-2-5(10)4-7(11)12/h2-4H2,1H3,(H,11,12). The molecule has 0 fully saturated rings. The quantitative estimate of drug-likeness (QED) is 0.437. The lowest BCUT2D eigenvalue weighted by Gasteiger charge is -1.96. The van der Waals surface area contributed by atoms with Crippen molar-refractivity contribution >= 4 is 32.3 Å². The number of Topliss-reactive ketones (excluding diaryl/α,β-unsaturated/α-hetero) is 1. The number of carbonyl (C=O) groups excluding carboxylic acids is 1. The summed E-state index contributed by atoms with van der Waals surface area (Å²) in [6.07, 6.45) is 0.0763. The van der Waals surface area contributed by atoms with Crippen LogP contribution < -0.4 is 0 Å². The third kappa shape index (κ3) is 7.45. The number of ketones is 1. The second kappa shape index (κ2) is 6.59. The van der Waals surface area contributed by atoms with Gasteiger partial charge in [-0.15, -0.1) is 0 Å². The van der Waals surface area contributed by atoms with Gasteiger partial charge in [-0.05, 0) is 15.9 Å². The summed E-state index contributed by atoms with van der Waals surface area (Å²) in [7, 11) is 1.39. The molecular weight excluding hydrogens is 242 g/mol. The van der Waals surface area contributed by atoms with E-state index in [-0.39, 0.29) is 12.2 Å². The van der Waals surface area contributed by atoms with E-state index in [1.54, 1.807) is 0 Å². The molecule has 0 radical (unpaired) electrons. The van der Waals surface area contributed by atoms with E-state index in [0.29, 0.717) is 11.0 Å². The van der Waals surface area contributed by atoms with E-state index < -0.39 is 12.4 Å². The molecule has 74 valence electrons. The van der Waals surface area contributed by atoms with Gasteiger partial charge in [0.05, 0.1) is 0 Å². The van der Waals surface area contributed by atoms with Gasteiger partial charge in [0.1, 0.15) is 23.9 Å². The molecule has 0 spiro atoms. The molecule has 0 aromatic rings. The summed E-state index contributed by atoms with van der Waals surface area (Å²) < 4.78 is 0.494. The molecular formula is C7H10BrNO4. The second-order valence-corrected chi connectivity index (χ2v) is 3.17. The van der Waals surface area contributed by atoms with Crippen LogP contribution in [0.3, 0.4) is 0 Å². The van der Waals surface area contributed by atoms with Crippen molar-refractivity contribution < 1.29 is 19.5 Å². The zero-order chi connectivity index (χ0) is 10.3. The van der Waals surface area contributed by atoms with Crippen LogP contribution >= 0.6 is 15.9 Å². The molecule has 0 aromatic heterocycles. The molecule has 0 saturated heterocycles. The Labute approximate surface area is 83.9 Å². The zero-order valence-corrected chi connectivity index (χ0v) is 8.70. The van der Waals surface area contributed by atoms with Crippen LogP contribution in [0.5, 0.6) is 0 Å². The summed E-state index contributed by atoms with van der Waals surface area (Å²) in [6.45, 7) is 0. The highest BCUT2D eigenvalue weighted by Crippen LogP contribution is 2.03. The maximum atomic E-state index is 10.9. The third-order valence-electron chi connectivity index (χ3n) is 1.15. The summed E-state index contributed by atoms with van der Waals surface area (Å²) in [5, 5.41) is 11.8. The van der Waals surface area contributed by atoms with Gasteiger partial charge < -0.3 is 9.94 Å². The number of halogens is 1. The molecule has 13 heavy (non-hydrogen) atoms. The highest BCUT2D eigenvalue weighted by molar-refractivity contribution is 9.18. The molecule has 0 heterocycles. The summed E-state index contributed by atoms with van der Waals surface area (Å²) in [5.74, 6) is -1.43. The van der Waals surface area contributed by atoms with Crippen molar-refractivity contribution in [1.82, 2.24) is 0 Å². The van der Waals surface area contributed by atoms with Crippen molar-refractivity contribution in [3.63, 3.8) is 0 Å². The van der Waals surface area contributed by atoms with Gasteiger partial charge in [0.2, 0.25) is 0 Å². The fraction of sp³-hybridized carbons (Fsp3) is 0.571. The van der Waals surface area contributed by atoms with Gasteiger partial charge in [-0.1, -0.05) is 5.16 Å². The summed E-state index contributed by atoms with van der Waals surface area (Å²) in [4.78, 5) is 25.4. The van der Waals surface area contributed by atoms with Crippen LogP contribution in [0.15, 0.2) is 5.16 Å². The molecule has 0 amide bonds. The average Bonchev–Trinajstić information content (AvgIpc) is 2.00. The van der Waals surface area contributed by atoms with E-state index in [0.717, 1.165) is 0 Å². The number of aliphatic carboxylic acids is 1. The lowest BCUT2D eigenvalue weighted by atomic mass is 10.2. The molecule has 1 N–H and O–H groups in total. The molecule has 0 unspecified atom stereocenters. The molecule has 6 heteroatoms. The Kier molecular flexibility index (Phi) is 6.13. The Morgan fingerprint density at radius 2 is 2.08 bits per heavy atom. The minimum absolute atomic E-state index is 0.153. The van der Waals surface area contributed by atoms with Gasteiger partial charge in [0.25, 0.3) is 0 Å². The van der Waals surface area contributed by atoms with Crippen molar-refractivity contribution in [3.8, 4) is 0 Å². The van der Waals surface area contributed by atoms with Crippen LogP contribution in [-0.2, 0) is 14.4 Å². The van der Waals surface area contributed by atoms with Crippen LogP contribution in [-0.4, -0.2) is 28.6 Å². The highest BCUT2D eigenvalue weighted by atomic mass is 79.9. The molecule has 0 saturated carbocycles. The largest absolute Gasteiger partial charge is 0.481 e. The van der Waals surface area contributed by atoms with Crippen LogP contribution in [0.4, 0.5) is 0 Å². The highest BCUT2D eigenvalue weighted by Gasteiger charge is 2.08. The SMILES string of the molecule is CON=C(Br)CCC(=O)CC(=O)O. The third-order valence-corrected chi connectivity index (χ3v) is 1.69. The predicted molar refractivity (Wildman–Crippen MR) is 49.9 cm³/mol. The predicted octanol–water partition coefficient (Wildman–Crippen LogP) is 1.17. The fourth-order valence-electron chi connectivity index (χ4n) is 0.644. The summed E-state index contributed by atoms with van der Waals surface area (Å²) >= 11 is 3.06. The maximum absolute atomic E-state index is 10.9. The number of hydrogen-bond acceptors (Lipinski definition) is 4. The average molecular weight is 252 g/mol. The Bertz CT molecular complexity index is 227. The summed E-state index contributed by atoms with van der Waals surface area (Å²) in [5.41, 5.74) is 0. The number of rotatable bonds is 6. The Hall–Kier alpha value is -0.910. The summed E-state index contributed by atoms with van der Waals surface area (Å²) in [6, 6.07) is 0. The van der Waals surface area contributed by atoms with Crippen molar-refractivity contribution in [2.75, 3.05) is 7.11 Å². The Morgan fingerprint density at radius 1 is 1.46 bits per heavy atom. The molecule has 0 aliphatic carbocycles. The fourth-order valence-corrected chi connectivity index (χ4v) is 0.987. The molecule has 0 atom stereocenters. The normalized spacial score (nSPS) is 11.1. The molecule has 0 bridgehead atoms. The van der Waals surface area contributed by atoms with Crippen molar-refractivity contribution in [2.45, 2.75) is 19.3 Å². The monoisotopic (exact) mass is 251 g/mol. The first-order valence-corrected chi connectivity index (χ1v) is 4.34. The molecule has 0 rings (SSSR count). The van der Waals surface area contributed by atoms with E-state index in [1.165, 1.54) is 7.11 Å². The molecule has 0 aliphatic heterocycles. The van der Waals surface area contributed by atoms with Crippen LogP contribution in [0.2, 0.25) is 0 Å². The number of carbonyl (C=O) groups is 2. The van der Waals surface area contributed by atoms with E-state index in [1.807, 2.05) is 0 Å². The number of carboxylic acids is 1. The van der Waals surface area contributed by atoms with Crippen molar-refractivity contribution in [3.05, 3.63) is 0 Å². The number of carboxylic acid groups (broad SMARTS) is 1. The first kappa shape index (κ1) is 12.1. The first-order valence-electron chi connectivity index (χ1n) is 3.55. The van der Waals surface area contributed by atoms with E-state index in [4.69, 9.17) is 5.11 Å². The minimum Gasteiger partial charge on any atom is -0.481 e. The second-order valence-electron chi connectivity index (χ2n) is 2.26. The van der Waals surface area contributed by atoms with E-state index in [9.17, 15) is 9.59 Å². The Morgan fingerprint density at radius 3 is 2.54 bits per heavy atom. The lowest BCUT2D eigenvalue weighted by molar-refractivity contribution is -0.140. The van der Waals surface area contributed by atoms with Gasteiger partial charge in [0.15, 0.2) is 0 Å². The number of oxime groups is 1. The van der Waals surface area contributed by atoms with Gasteiger partial charge in [-0.25, -0.2) is 0 Å². The van der Waals surface area contributed by atoms with Gasteiger partial charge >= 0.3 is 5.97 Å². The van der Waals surface area contributed by atoms with Crippen LogP contribution in [0, 0.1) is 0 Å². The maximum Gasteiger partial charge on any atom is 0.310 e. The van der Waals surface area contributed by atoms with Crippen molar-refractivity contribution in [2.24, 2.45) is 5.16 Å². The zero-order valence-electron chi connectivity index (χ0n) is 7.12. The van der Waals surface area contributed by atoms with Gasteiger partial charge in [0, 0.05) is 12.8 Å². The van der Waals surface area contributed by atoms with E-state index >= 15 is 0 Å². The Balaban J connectivity index is 3.70. The van der Waals surface area contributed by atoms with Gasteiger partial charge in [-0.2, -0.15) is 0 Å². The minimum atomic E-state index is -1.11. The number of hydrogen-bond donors (Lipinski definition) is 1. The van der Waals surface area contributed by atoms with Crippen LogP contribution in [0.1, 0.15) is 19.3 Å². The topological polar surface area (TPSA) is 76.0 Å². The van der Waals surface area contributed by atoms with E-state index in [2.05, 4.69) is 25.9 Å². The molecule has 0 aromatic carbocycles. The molecule has 0 aliphatic rings. The van der Waals surface area contributed by atoms with Crippen LogP contribution in [0.25, 0.3) is 0 Å². The number of nitrogens with zero attached hydrogens (tertiary/aromatic N) is 1. The lowest BCUT2D eigenvalue weighted by Crippen LogP contribution is -2.07. The smallest absolute Gasteiger partial charge is 0.310 e.